The minimum Gasteiger partial charge on any atom is -0.394 e. The Morgan fingerprint density at radius 3 is 1.48 bits per heavy atom. The highest BCUT2D eigenvalue weighted by Crippen LogP contribution is 2.26. The molecule has 1 aliphatic rings. The van der Waals surface area contributed by atoms with Crippen LogP contribution < -0.4 is 5.32 Å². The SMILES string of the molecule is CCCCCCCCCCCCC/C=C\CCCCCCCCC(O)C(=O)NC(COC1OC(CO)C(O)C(OS(=O)(=O)O)C1O)C(O)CCCCCCCCCCCCC. The molecule has 0 spiro atoms. The Labute approximate surface area is 371 Å². The van der Waals surface area contributed by atoms with Gasteiger partial charge >= 0.3 is 10.4 Å². The molecule has 1 saturated heterocycles. The van der Waals surface area contributed by atoms with Gasteiger partial charge in [0.2, 0.25) is 5.91 Å². The first-order valence-electron chi connectivity index (χ1n) is 24.7. The molecule has 8 unspecified atom stereocenters. The molecule has 0 bridgehead atoms. The second-order valence-corrected chi connectivity index (χ2v) is 18.6. The van der Waals surface area contributed by atoms with E-state index in [1.807, 2.05) is 0 Å². The maximum Gasteiger partial charge on any atom is 0.397 e. The Kier molecular flexibility index (Phi) is 36.1. The lowest BCUT2D eigenvalue weighted by atomic mass is 9.99. The van der Waals surface area contributed by atoms with Crippen molar-refractivity contribution in [1.82, 2.24) is 5.32 Å². The van der Waals surface area contributed by atoms with E-state index in [0.717, 1.165) is 57.8 Å². The van der Waals surface area contributed by atoms with Crippen LogP contribution in [0.3, 0.4) is 0 Å². The van der Waals surface area contributed by atoms with Crippen molar-refractivity contribution < 1.29 is 57.0 Å². The van der Waals surface area contributed by atoms with Crippen LogP contribution in [0.25, 0.3) is 0 Å². The number of rotatable bonds is 42. The van der Waals surface area contributed by atoms with E-state index < -0.39 is 78.5 Å². The number of hydrogen-bond donors (Lipinski definition) is 7. The van der Waals surface area contributed by atoms with Crippen molar-refractivity contribution in [2.75, 3.05) is 13.2 Å². The summed E-state index contributed by atoms with van der Waals surface area (Å²) in [7, 11) is -5.11. The maximum absolute atomic E-state index is 13.1. The van der Waals surface area contributed by atoms with E-state index in [9.17, 15) is 43.3 Å². The van der Waals surface area contributed by atoms with Gasteiger partial charge in [-0.3, -0.25) is 9.35 Å². The molecule has 7 N–H and O–H groups in total. The van der Waals surface area contributed by atoms with Crippen molar-refractivity contribution in [2.24, 2.45) is 0 Å². The summed E-state index contributed by atoms with van der Waals surface area (Å²) in [5, 5.41) is 55.3. The zero-order valence-corrected chi connectivity index (χ0v) is 39.2. The number of carbonyl (C=O) groups excluding carboxylic acids is 1. The highest BCUT2D eigenvalue weighted by atomic mass is 32.3. The van der Waals surface area contributed by atoms with E-state index in [1.54, 1.807) is 0 Å². The summed E-state index contributed by atoms with van der Waals surface area (Å²) in [4.78, 5) is 13.1. The number of carbonyl (C=O) groups is 1. The molecule has 1 rings (SSSR count). The van der Waals surface area contributed by atoms with Gasteiger partial charge in [-0.1, -0.05) is 193 Å². The van der Waals surface area contributed by atoms with E-state index in [0.29, 0.717) is 19.3 Å². The zero-order chi connectivity index (χ0) is 45.0. The van der Waals surface area contributed by atoms with Crippen molar-refractivity contribution in [2.45, 2.75) is 268 Å². The van der Waals surface area contributed by atoms with Gasteiger partial charge in [-0.15, -0.1) is 0 Å². The summed E-state index contributed by atoms with van der Waals surface area (Å²) < 4.78 is 47.6. The molecule has 8 atom stereocenters. The standard InChI is InChI=1S/C47H91NO12S/c1-3-5-7-9-11-13-15-16-17-18-19-20-21-22-23-24-26-28-30-32-34-36-41(51)46(54)48-39(40(50)35-33-31-29-27-25-14-12-10-8-6-4-2)38-58-47-44(53)45(60-61(55,56)57)43(52)42(37-49)59-47/h21-22,39-45,47,49-53H,3-20,23-38H2,1-2H3,(H,48,54)(H,55,56,57)/b22-21-. The number of nitrogens with one attached hydrogen (secondary N) is 1. The molecule has 362 valence electrons. The van der Waals surface area contributed by atoms with E-state index in [-0.39, 0.29) is 6.42 Å². The van der Waals surface area contributed by atoms with Crippen LogP contribution in [0.5, 0.6) is 0 Å². The average Bonchev–Trinajstić information content (AvgIpc) is 3.23. The highest BCUT2D eigenvalue weighted by molar-refractivity contribution is 7.80. The molecule has 0 aromatic heterocycles. The number of ether oxygens (including phenoxy) is 2. The fourth-order valence-corrected chi connectivity index (χ4v) is 8.50. The van der Waals surface area contributed by atoms with E-state index in [2.05, 4.69) is 35.5 Å². The predicted octanol–water partition coefficient (Wildman–Crippen LogP) is 8.92. The molecule has 0 aromatic rings. The largest absolute Gasteiger partial charge is 0.397 e. The molecule has 61 heavy (non-hydrogen) atoms. The lowest BCUT2D eigenvalue weighted by Crippen LogP contribution is -2.61. The fraction of sp³-hybridized carbons (Fsp3) is 0.936. The Bertz CT molecular complexity index is 1160. The van der Waals surface area contributed by atoms with Crippen LogP contribution in [-0.2, 0) is 28.9 Å². The normalized spacial score (nSPS) is 21.2. The summed E-state index contributed by atoms with van der Waals surface area (Å²) >= 11 is 0. The second-order valence-electron chi connectivity index (χ2n) is 17.5. The van der Waals surface area contributed by atoms with Crippen LogP contribution in [-0.4, -0.2) is 107 Å². The van der Waals surface area contributed by atoms with Gasteiger partial charge in [0.1, 0.15) is 30.5 Å². The minimum atomic E-state index is -5.11. The molecule has 0 saturated carbocycles. The zero-order valence-electron chi connectivity index (χ0n) is 38.4. The van der Waals surface area contributed by atoms with Gasteiger partial charge in [0, 0.05) is 0 Å². The Hall–Kier alpha value is -1.20. The van der Waals surface area contributed by atoms with Crippen LogP contribution in [0.4, 0.5) is 0 Å². The quantitative estimate of drug-likeness (QED) is 0.0174. The molecule has 1 amide bonds. The van der Waals surface area contributed by atoms with Crippen LogP contribution in [0.2, 0.25) is 0 Å². The van der Waals surface area contributed by atoms with Gasteiger partial charge in [0.25, 0.3) is 0 Å². The topological polar surface area (TPSA) is 212 Å². The number of unbranched alkanes of at least 4 members (excludes halogenated alkanes) is 27. The molecular formula is C47H91NO12S. The number of amides is 1. The summed E-state index contributed by atoms with van der Waals surface area (Å²) in [5.74, 6) is -0.673. The number of allylic oxidation sites excluding steroid dienone is 2. The maximum atomic E-state index is 13.1. The minimum absolute atomic E-state index is 0.255. The third-order valence-electron chi connectivity index (χ3n) is 11.9. The van der Waals surface area contributed by atoms with E-state index in [4.69, 9.17) is 9.47 Å². The monoisotopic (exact) mass is 894 g/mol. The number of aliphatic hydroxyl groups excluding tert-OH is 5. The molecular weight excluding hydrogens is 803 g/mol. The first-order chi connectivity index (χ1) is 29.4. The number of hydrogen-bond acceptors (Lipinski definition) is 11. The van der Waals surface area contributed by atoms with Gasteiger partial charge < -0.3 is 40.3 Å². The lowest BCUT2D eigenvalue weighted by Gasteiger charge is -2.41. The van der Waals surface area contributed by atoms with Crippen LogP contribution in [0.1, 0.15) is 219 Å². The van der Waals surface area contributed by atoms with Gasteiger partial charge in [-0.25, -0.2) is 4.18 Å². The van der Waals surface area contributed by atoms with Gasteiger partial charge in [-0.2, -0.15) is 8.42 Å². The van der Waals surface area contributed by atoms with Crippen LogP contribution in [0, 0.1) is 0 Å². The molecule has 0 aromatic carbocycles. The van der Waals surface area contributed by atoms with Gasteiger partial charge in [0.05, 0.1) is 25.4 Å². The van der Waals surface area contributed by atoms with E-state index >= 15 is 0 Å². The Morgan fingerprint density at radius 2 is 1.05 bits per heavy atom. The Balaban J connectivity index is 2.46. The molecule has 14 heteroatoms. The van der Waals surface area contributed by atoms with Crippen molar-refractivity contribution in [3.63, 3.8) is 0 Å². The van der Waals surface area contributed by atoms with Crippen molar-refractivity contribution in [3.8, 4) is 0 Å². The van der Waals surface area contributed by atoms with E-state index in [1.165, 1.54) is 122 Å². The van der Waals surface area contributed by atoms with Crippen molar-refractivity contribution >= 4 is 16.3 Å². The van der Waals surface area contributed by atoms with Gasteiger partial charge in [-0.05, 0) is 38.5 Å². The highest BCUT2D eigenvalue weighted by Gasteiger charge is 2.48. The molecule has 1 aliphatic heterocycles. The molecule has 1 heterocycles. The van der Waals surface area contributed by atoms with Crippen LogP contribution >= 0.6 is 0 Å². The van der Waals surface area contributed by atoms with Crippen LogP contribution in [0.15, 0.2) is 12.2 Å². The average molecular weight is 894 g/mol. The molecule has 0 radical (unpaired) electrons. The molecule has 1 fully saturated rings. The first-order valence-corrected chi connectivity index (χ1v) is 26.0. The second kappa shape index (κ2) is 38.1. The Morgan fingerprint density at radius 1 is 0.639 bits per heavy atom. The lowest BCUT2D eigenvalue weighted by molar-refractivity contribution is -0.298. The summed E-state index contributed by atoms with van der Waals surface area (Å²) in [6, 6.07) is -1.03. The third kappa shape index (κ3) is 30.6. The summed E-state index contributed by atoms with van der Waals surface area (Å²) in [5.41, 5.74) is 0. The summed E-state index contributed by atoms with van der Waals surface area (Å²) in [6.45, 7) is 3.27. The fourth-order valence-electron chi connectivity index (χ4n) is 7.99. The molecule has 13 nitrogen and oxygen atoms in total. The third-order valence-corrected chi connectivity index (χ3v) is 12.4. The van der Waals surface area contributed by atoms with Gasteiger partial charge in [0.15, 0.2) is 6.29 Å². The van der Waals surface area contributed by atoms with Crippen molar-refractivity contribution in [3.05, 3.63) is 12.2 Å². The molecule has 0 aliphatic carbocycles. The number of aliphatic hydroxyl groups is 5. The smallest absolute Gasteiger partial charge is 0.394 e. The van der Waals surface area contributed by atoms with Crippen molar-refractivity contribution in [1.29, 1.82) is 0 Å². The predicted molar refractivity (Wildman–Crippen MR) is 242 cm³/mol. The summed E-state index contributed by atoms with van der Waals surface area (Å²) in [6.07, 6.45) is 29.8. The first kappa shape index (κ1) is 57.8.